The third kappa shape index (κ3) is 4.55. The number of nitrogens with one attached hydrogen (secondary N) is 1. The lowest BCUT2D eigenvalue weighted by molar-refractivity contribution is 0.0949. The van der Waals surface area contributed by atoms with Gasteiger partial charge in [-0.1, -0.05) is 24.0 Å². The predicted octanol–water partition coefficient (Wildman–Crippen LogP) is 2.89. The van der Waals surface area contributed by atoms with Crippen LogP contribution in [0.15, 0.2) is 48.5 Å². The highest BCUT2D eigenvalue weighted by atomic mass is 16.5. The molecule has 0 aliphatic heterocycles. The summed E-state index contributed by atoms with van der Waals surface area (Å²) in [5.41, 5.74) is 2.53. The van der Waals surface area contributed by atoms with Crippen LogP contribution in [0.5, 0.6) is 17.2 Å². The molecule has 0 fully saturated rings. The Morgan fingerprint density at radius 2 is 1.80 bits per heavy atom. The summed E-state index contributed by atoms with van der Waals surface area (Å²) in [4.78, 5) is 12.6. The number of aryl methyl sites for hydroxylation is 1. The van der Waals surface area contributed by atoms with E-state index in [-0.39, 0.29) is 12.5 Å². The van der Waals surface area contributed by atoms with Gasteiger partial charge in [-0.15, -0.1) is 0 Å². The van der Waals surface area contributed by atoms with Crippen molar-refractivity contribution in [2.24, 2.45) is 7.05 Å². The molecule has 0 saturated carbocycles. The number of rotatable bonds is 6. The van der Waals surface area contributed by atoms with E-state index < -0.39 is 0 Å². The van der Waals surface area contributed by atoms with Crippen LogP contribution in [-0.2, 0) is 7.05 Å². The van der Waals surface area contributed by atoms with Crippen molar-refractivity contribution in [1.82, 2.24) is 15.1 Å². The van der Waals surface area contributed by atoms with Crippen LogP contribution in [-0.4, -0.2) is 43.6 Å². The monoisotopic (exact) mass is 405 g/mol. The topological polar surface area (TPSA) is 74.6 Å². The van der Waals surface area contributed by atoms with Gasteiger partial charge >= 0.3 is 0 Å². The van der Waals surface area contributed by atoms with E-state index in [1.54, 1.807) is 46.6 Å². The standard InChI is InChI=1S/C23H23N3O4/c1-26-20(15-19(25-26)18-14-17(28-2)11-12-22(18)30-4)23(27)24-13-7-9-16-8-5-6-10-21(16)29-3/h5-6,8,10-12,14-15H,13H2,1-4H3,(H,24,27). The molecule has 0 spiro atoms. The third-order valence-corrected chi connectivity index (χ3v) is 4.46. The van der Waals surface area contributed by atoms with E-state index in [2.05, 4.69) is 22.3 Å². The fraction of sp³-hybridized carbons (Fsp3) is 0.217. The van der Waals surface area contributed by atoms with Gasteiger partial charge in [-0.2, -0.15) is 5.10 Å². The molecule has 0 saturated heterocycles. The fourth-order valence-electron chi connectivity index (χ4n) is 2.93. The Morgan fingerprint density at radius 3 is 2.53 bits per heavy atom. The lowest BCUT2D eigenvalue weighted by Crippen LogP contribution is -2.25. The summed E-state index contributed by atoms with van der Waals surface area (Å²) in [6.07, 6.45) is 0. The highest BCUT2D eigenvalue weighted by molar-refractivity contribution is 5.94. The second kappa shape index (κ2) is 9.52. The van der Waals surface area contributed by atoms with Crippen molar-refractivity contribution in [1.29, 1.82) is 0 Å². The molecule has 30 heavy (non-hydrogen) atoms. The molecule has 7 heteroatoms. The SMILES string of the molecule is COc1ccc(OC)c(-c2cc(C(=O)NCC#Cc3ccccc3OC)n(C)n2)c1. The molecule has 0 aliphatic rings. The third-order valence-electron chi connectivity index (χ3n) is 4.46. The molecule has 0 bridgehead atoms. The van der Waals surface area contributed by atoms with Crippen molar-refractivity contribution in [2.75, 3.05) is 27.9 Å². The van der Waals surface area contributed by atoms with Crippen LogP contribution in [0.4, 0.5) is 0 Å². The molecule has 0 atom stereocenters. The van der Waals surface area contributed by atoms with Crippen molar-refractivity contribution >= 4 is 5.91 Å². The van der Waals surface area contributed by atoms with Gasteiger partial charge in [-0.3, -0.25) is 9.48 Å². The Morgan fingerprint density at radius 1 is 1.03 bits per heavy atom. The molecular weight excluding hydrogens is 382 g/mol. The highest BCUT2D eigenvalue weighted by Crippen LogP contribution is 2.32. The van der Waals surface area contributed by atoms with Gasteiger partial charge in [0, 0.05) is 12.6 Å². The number of carbonyl (C=O) groups excluding carboxylic acids is 1. The summed E-state index contributed by atoms with van der Waals surface area (Å²) in [7, 11) is 6.49. The normalized spacial score (nSPS) is 10.0. The molecule has 0 unspecified atom stereocenters. The Hall–Kier alpha value is -3.92. The largest absolute Gasteiger partial charge is 0.497 e. The maximum atomic E-state index is 12.6. The first kappa shape index (κ1) is 20.8. The number of aromatic nitrogens is 2. The van der Waals surface area contributed by atoms with Crippen LogP contribution >= 0.6 is 0 Å². The van der Waals surface area contributed by atoms with E-state index in [0.717, 1.165) is 11.1 Å². The molecule has 1 N–H and O–H groups in total. The van der Waals surface area contributed by atoms with Gasteiger partial charge in [0.2, 0.25) is 0 Å². The second-order valence-corrected chi connectivity index (χ2v) is 6.29. The summed E-state index contributed by atoms with van der Waals surface area (Å²) in [6.45, 7) is 0.194. The maximum absolute atomic E-state index is 12.6. The Kier molecular flexibility index (Phi) is 6.60. The first-order chi connectivity index (χ1) is 14.6. The molecule has 154 valence electrons. The predicted molar refractivity (Wildman–Crippen MR) is 114 cm³/mol. The Bertz CT molecular complexity index is 1110. The van der Waals surface area contributed by atoms with Gasteiger partial charge in [0.25, 0.3) is 5.91 Å². The zero-order chi connectivity index (χ0) is 21.5. The molecule has 1 heterocycles. The van der Waals surface area contributed by atoms with Crippen molar-refractivity contribution in [3.05, 3.63) is 59.8 Å². The smallest absolute Gasteiger partial charge is 0.270 e. The van der Waals surface area contributed by atoms with Crippen molar-refractivity contribution in [3.63, 3.8) is 0 Å². The quantitative estimate of drug-likeness (QED) is 0.639. The van der Waals surface area contributed by atoms with E-state index in [9.17, 15) is 4.79 Å². The maximum Gasteiger partial charge on any atom is 0.270 e. The molecule has 3 aromatic rings. The van der Waals surface area contributed by atoms with Crippen LogP contribution in [0.25, 0.3) is 11.3 Å². The zero-order valence-electron chi connectivity index (χ0n) is 17.4. The molecule has 2 aromatic carbocycles. The Balaban J connectivity index is 1.75. The number of ether oxygens (including phenoxy) is 3. The molecule has 0 aliphatic carbocycles. The number of benzene rings is 2. The van der Waals surface area contributed by atoms with Gasteiger partial charge in [-0.25, -0.2) is 0 Å². The number of hydrogen-bond acceptors (Lipinski definition) is 5. The van der Waals surface area contributed by atoms with E-state index >= 15 is 0 Å². The number of para-hydroxylation sites is 1. The number of nitrogens with zero attached hydrogens (tertiary/aromatic N) is 2. The molecule has 0 radical (unpaired) electrons. The zero-order valence-corrected chi connectivity index (χ0v) is 17.4. The lowest BCUT2D eigenvalue weighted by atomic mass is 10.1. The van der Waals surface area contributed by atoms with Gasteiger partial charge in [-0.05, 0) is 36.4 Å². The minimum atomic E-state index is -0.271. The number of carbonyl (C=O) groups is 1. The Labute approximate surface area is 175 Å². The average molecular weight is 405 g/mol. The van der Waals surface area contributed by atoms with Crippen LogP contribution < -0.4 is 19.5 Å². The minimum Gasteiger partial charge on any atom is -0.497 e. The fourth-order valence-corrected chi connectivity index (χ4v) is 2.93. The summed E-state index contributed by atoms with van der Waals surface area (Å²) < 4.78 is 17.5. The van der Waals surface area contributed by atoms with E-state index in [1.165, 1.54) is 4.68 Å². The van der Waals surface area contributed by atoms with E-state index in [1.807, 2.05) is 30.3 Å². The highest BCUT2D eigenvalue weighted by Gasteiger charge is 2.17. The molecule has 1 amide bonds. The number of amides is 1. The first-order valence-corrected chi connectivity index (χ1v) is 9.24. The minimum absolute atomic E-state index is 0.194. The first-order valence-electron chi connectivity index (χ1n) is 9.24. The second-order valence-electron chi connectivity index (χ2n) is 6.29. The molecule has 3 rings (SSSR count). The molecular formula is C23H23N3O4. The molecule has 1 aromatic heterocycles. The van der Waals surface area contributed by atoms with Gasteiger partial charge < -0.3 is 19.5 Å². The van der Waals surface area contributed by atoms with Crippen molar-refractivity contribution in [2.45, 2.75) is 0 Å². The van der Waals surface area contributed by atoms with Gasteiger partial charge in [0.15, 0.2) is 0 Å². The average Bonchev–Trinajstić information content (AvgIpc) is 3.17. The summed E-state index contributed by atoms with van der Waals surface area (Å²) in [5, 5.41) is 7.25. The summed E-state index contributed by atoms with van der Waals surface area (Å²) >= 11 is 0. The van der Waals surface area contributed by atoms with Crippen molar-refractivity contribution in [3.8, 4) is 40.3 Å². The van der Waals surface area contributed by atoms with Crippen molar-refractivity contribution < 1.29 is 19.0 Å². The van der Waals surface area contributed by atoms with Crippen LogP contribution in [0.2, 0.25) is 0 Å². The van der Waals surface area contributed by atoms with E-state index in [0.29, 0.717) is 28.6 Å². The van der Waals surface area contributed by atoms with Gasteiger partial charge in [0.1, 0.15) is 22.9 Å². The lowest BCUT2D eigenvalue weighted by Gasteiger charge is -2.08. The van der Waals surface area contributed by atoms with Crippen LogP contribution in [0.3, 0.4) is 0 Å². The summed E-state index contributed by atoms with van der Waals surface area (Å²) in [5.74, 6) is 7.68. The summed E-state index contributed by atoms with van der Waals surface area (Å²) in [6, 6.07) is 14.6. The van der Waals surface area contributed by atoms with Crippen LogP contribution in [0.1, 0.15) is 16.1 Å². The number of hydrogen-bond donors (Lipinski definition) is 1. The van der Waals surface area contributed by atoms with Crippen LogP contribution in [0, 0.1) is 11.8 Å². The number of methoxy groups -OCH3 is 3. The van der Waals surface area contributed by atoms with Gasteiger partial charge in [0.05, 0.1) is 39.1 Å². The molecule has 7 nitrogen and oxygen atoms in total. The van der Waals surface area contributed by atoms with E-state index in [4.69, 9.17) is 14.2 Å².